The predicted octanol–water partition coefficient (Wildman–Crippen LogP) is 1.20. The Morgan fingerprint density at radius 3 is 3.00 bits per heavy atom. The average molecular weight is 136 g/mol. The lowest BCUT2D eigenvalue weighted by molar-refractivity contribution is 0.321. The summed E-state index contributed by atoms with van der Waals surface area (Å²) >= 11 is 0. The van der Waals surface area contributed by atoms with Gasteiger partial charge in [-0.05, 0) is 19.1 Å². The molecule has 52 valence electrons. The molecule has 1 aromatic heterocycles. The molecule has 0 aliphatic carbocycles. The van der Waals surface area contributed by atoms with Crippen molar-refractivity contribution in [2.75, 3.05) is 0 Å². The van der Waals surface area contributed by atoms with Gasteiger partial charge in [-0.1, -0.05) is 11.2 Å². The van der Waals surface area contributed by atoms with E-state index >= 15 is 0 Å². The van der Waals surface area contributed by atoms with Crippen LogP contribution >= 0.6 is 0 Å². The summed E-state index contributed by atoms with van der Waals surface area (Å²) in [5, 5.41) is 11.0. The fraction of sp³-hybridized carbons (Fsp3) is 0.143. The van der Waals surface area contributed by atoms with E-state index in [0.29, 0.717) is 5.69 Å². The van der Waals surface area contributed by atoms with Gasteiger partial charge in [0, 0.05) is 5.69 Å². The number of hydrogen-bond acceptors (Lipinski definition) is 3. The molecule has 0 aliphatic rings. The molecule has 1 N–H and O–H groups in total. The molecule has 0 atom stereocenters. The standard InChI is InChI=1S/C7H8N2O/c1-6-3-2-4-7(9-6)5-8-10/h2-5,10H,1H3/b8-5-. The lowest BCUT2D eigenvalue weighted by atomic mass is 10.3. The number of aromatic nitrogens is 1. The van der Waals surface area contributed by atoms with E-state index in [-0.39, 0.29) is 0 Å². The summed E-state index contributed by atoms with van der Waals surface area (Å²) in [5.41, 5.74) is 1.58. The molecular formula is C7H8N2O. The first kappa shape index (κ1) is 6.74. The molecule has 0 saturated heterocycles. The van der Waals surface area contributed by atoms with E-state index in [1.54, 1.807) is 6.07 Å². The maximum Gasteiger partial charge on any atom is 0.0918 e. The smallest absolute Gasteiger partial charge is 0.0918 e. The molecule has 0 spiro atoms. The van der Waals surface area contributed by atoms with E-state index in [9.17, 15) is 0 Å². The second-order valence-electron chi connectivity index (χ2n) is 1.95. The van der Waals surface area contributed by atoms with Crippen LogP contribution in [0.15, 0.2) is 23.4 Å². The Hall–Kier alpha value is -1.38. The summed E-state index contributed by atoms with van der Waals surface area (Å²) in [6.07, 6.45) is 1.30. The van der Waals surface area contributed by atoms with Crippen LogP contribution in [0.5, 0.6) is 0 Å². The monoisotopic (exact) mass is 136 g/mol. The van der Waals surface area contributed by atoms with Crippen molar-refractivity contribution < 1.29 is 5.21 Å². The number of hydrogen-bond donors (Lipinski definition) is 1. The average Bonchev–Trinajstić information content (AvgIpc) is 1.88. The zero-order chi connectivity index (χ0) is 7.40. The first-order chi connectivity index (χ1) is 4.83. The van der Waals surface area contributed by atoms with Gasteiger partial charge in [-0.3, -0.25) is 4.98 Å². The highest BCUT2D eigenvalue weighted by molar-refractivity contribution is 5.76. The van der Waals surface area contributed by atoms with Crippen molar-refractivity contribution in [1.82, 2.24) is 4.98 Å². The van der Waals surface area contributed by atoms with Crippen molar-refractivity contribution in [3.05, 3.63) is 29.6 Å². The van der Waals surface area contributed by atoms with E-state index in [1.807, 2.05) is 19.1 Å². The molecule has 0 aromatic carbocycles. The molecule has 0 amide bonds. The van der Waals surface area contributed by atoms with Crippen molar-refractivity contribution in [2.24, 2.45) is 5.16 Å². The molecule has 0 radical (unpaired) electrons. The normalized spacial score (nSPS) is 10.5. The maximum absolute atomic E-state index is 8.14. The molecular weight excluding hydrogens is 128 g/mol. The molecule has 0 unspecified atom stereocenters. The zero-order valence-corrected chi connectivity index (χ0v) is 5.65. The van der Waals surface area contributed by atoms with Crippen LogP contribution in [-0.2, 0) is 0 Å². The highest BCUT2D eigenvalue weighted by Gasteiger charge is 1.87. The van der Waals surface area contributed by atoms with Gasteiger partial charge in [0.15, 0.2) is 0 Å². The number of aryl methyl sites for hydroxylation is 1. The Bertz CT molecular complexity index is 245. The van der Waals surface area contributed by atoms with Crippen LogP contribution in [0.1, 0.15) is 11.4 Å². The SMILES string of the molecule is Cc1cccc(/C=N\O)n1. The van der Waals surface area contributed by atoms with Gasteiger partial charge in [-0.25, -0.2) is 0 Å². The second-order valence-corrected chi connectivity index (χ2v) is 1.95. The van der Waals surface area contributed by atoms with Crippen molar-refractivity contribution in [2.45, 2.75) is 6.92 Å². The van der Waals surface area contributed by atoms with Crippen LogP contribution in [0.4, 0.5) is 0 Å². The first-order valence-corrected chi connectivity index (χ1v) is 2.94. The van der Waals surface area contributed by atoms with Gasteiger partial charge in [0.2, 0.25) is 0 Å². The quantitative estimate of drug-likeness (QED) is 0.358. The fourth-order valence-electron chi connectivity index (χ4n) is 0.695. The predicted molar refractivity (Wildman–Crippen MR) is 38.4 cm³/mol. The molecule has 0 saturated carbocycles. The van der Waals surface area contributed by atoms with Crippen LogP contribution in [0.25, 0.3) is 0 Å². The third kappa shape index (κ3) is 1.55. The Morgan fingerprint density at radius 2 is 2.40 bits per heavy atom. The minimum absolute atomic E-state index is 0.669. The van der Waals surface area contributed by atoms with Crippen LogP contribution in [0.2, 0.25) is 0 Å². The van der Waals surface area contributed by atoms with Crippen molar-refractivity contribution in [3.8, 4) is 0 Å². The Kier molecular flexibility index (Phi) is 1.99. The highest BCUT2D eigenvalue weighted by atomic mass is 16.4. The maximum atomic E-state index is 8.14. The molecule has 0 bridgehead atoms. The van der Waals surface area contributed by atoms with E-state index < -0.39 is 0 Å². The summed E-state index contributed by atoms with van der Waals surface area (Å²) in [7, 11) is 0. The number of oxime groups is 1. The lowest BCUT2D eigenvalue weighted by Gasteiger charge is -1.91. The Labute approximate surface area is 59.0 Å². The topological polar surface area (TPSA) is 45.5 Å². The number of pyridine rings is 1. The Balaban J connectivity index is 2.95. The first-order valence-electron chi connectivity index (χ1n) is 2.94. The van der Waals surface area contributed by atoms with Crippen LogP contribution in [0, 0.1) is 6.92 Å². The lowest BCUT2D eigenvalue weighted by Crippen LogP contribution is -1.88. The molecule has 0 aliphatic heterocycles. The van der Waals surface area contributed by atoms with E-state index in [4.69, 9.17) is 5.21 Å². The molecule has 1 rings (SSSR count). The van der Waals surface area contributed by atoms with Gasteiger partial charge in [-0.2, -0.15) is 0 Å². The molecule has 0 fully saturated rings. The largest absolute Gasteiger partial charge is 0.411 e. The third-order valence-corrected chi connectivity index (χ3v) is 1.10. The summed E-state index contributed by atoms with van der Waals surface area (Å²) in [5.74, 6) is 0. The molecule has 1 heterocycles. The van der Waals surface area contributed by atoms with Crippen molar-refractivity contribution >= 4 is 6.21 Å². The second kappa shape index (κ2) is 2.96. The van der Waals surface area contributed by atoms with Crippen LogP contribution in [0.3, 0.4) is 0 Å². The Morgan fingerprint density at radius 1 is 1.60 bits per heavy atom. The molecule has 3 nitrogen and oxygen atoms in total. The van der Waals surface area contributed by atoms with Crippen molar-refractivity contribution in [1.29, 1.82) is 0 Å². The van der Waals surface area contributed by atoms with Crippen LogP contribution in [-0.4, -0.2) is 16.4 Å². The summed E-state index contributed by atoms with van der Waals surface area (Å²) in [6, 6.07) is 5.51. The summed E-state index contributed by atoms with van der Waals surface area (Å²) in [4.78, 5) is 4.05. The van der Waals surface area contributed by atoms with Crippen molar-refractivity contribution in [3.63, 3.8) is 0 Å². The molecule has 10 heavy (non-hydrogen) atoms. The van der Waals surface area contributed by atoms with Gasteiger partial charge in [0.25, 0.3) is 0 Å². The fourth-order valence-corrected chi connectivity index (χ4v) is 0.695. The number of rotatable bonds is 1. The van der Waals surface area contributed by atoms with Gasteiger partial charge in [0.05, 0.1) is 11.9 Å². The third-order valence-electron chi connectivity index (χ3n) is 1.10. The number of nitrogens with zero attached hydrogens (tertiary/aromatic N) is 2. The minimum Gasteiger partial charge on any atom is -0.411 e. The van der Waals surface area contributed by atoms with Gasteiger partial charge < -0.3 is 5.21 Å². The minimum atomic E-state index is 0.669. The van der Waals surface area contributed by atoms with Crippen LogP contribution < -0.4 is 0 Å². The summed E-state index contributed by atoms with van der Waals surface area (Å²) < 4.78 is 0. The molecule has 3 heteroatoms. The zero-order valence-electron chi connectivity index (χ0n) is 5.65. The molecule has 1 aromatic rings. The van der Waals surface area contributed by atoms with Gasteiger partial charge >= 0.3 is 0 Å². The van der Waals surface area contributed by atoms with E-state index in [0.717, 1.165) is 5.69 Å². The summed E-state index contributed by atoms with van der Waals surface area (Å²) in [6.45, 7) is 1.88. The van der Waals surface area contributed by atoms with E-state index in [1.165, 1.54) is 6.21 Å². The van der Waals surface area contributed by atoms with Gasteiger partial charge in [0.1, 0.15) is 0 Å². The van der Waals surface area contributed by atoms with Gasteiger partial charge in [-0.15, -0.1) is 0 Å². The van der Waals surface area contributed by atoms with E-state index in [2.05, 4.69) is 10.1 Å². The highest BCUT2D eigenvalue weighted by Crippen LogP contribution is 1.93.